The van der Waals surface area contributed by atoms with E-state index in [1.165, 1.54) is 0 Å². The van der Waals surface area contributed by atoms with Gasteiger partial charge in [0.05, 0.1) is 11.1 Å². The van der Waals surface area contributed by atoms with Crippen LogP contribution in [0.15, 0.2) is 42.6 Å². The fourth-order valence-corrected chi connectivity index (χ4v) is 2.94. The van der Waals surface area contributed by atoms with Gasteiger partial charge in [-0.05, 0) is 50.2 Å². The van der Waals surface area contributed by atoms with Crippen molar-refractivity contribution in [2.45, 2.75) is 13.8 Å². The van der Waals surface area contributed by atoms with E-state index >= 15 is 0 Å². The minimum atomic E-state index is 0.538. The Balaban J connectivity index is 1.87. The fraction of sp³-hybridized carbons (Fsp3) is 0.167. The number of anilines is 2. The van der Waals surface area contributed by atoms with Gasteiger partial charge in [0.1, 0.15) is 11.5 Å². The highest BCUT2D eigenvalue weighted by Crippen LogP contribution is 2.26. The zero-order valence-electron chi connectivity index (χ0n) is 14.2. The van der Waals surface area contributed by atoms with Gasteiger partial charge in [0, 0.05) is 29.6 Å². The Morgan fingerprint density at radius 3 is 2.48 bits per heavy atom. The molecule has 0 saturated carbocycles. The van der Waals surface area contributed by atoms with Gasteiger partial charge in [-0.25, -0.2) is 4.68 Å². The molecule has 0 aliphatic carbocycles. The van der Waals surface area contributed by atoms with Crippen LogP contribution in [0.4, 0.5) is 11.5 Å². The summed E-state index contributed by atoms with van der Waals surface area (Å²) in [5.74, 6) is 1.27. The lowest BCUT2D eigenvalue weighted by Crippen LogP contribution is -2.08. The lowest BCUT2D eigenvalue weighted by Gasteiger charge is -2.10. The van der Waals surface area contributed by atoms with Gasteiger partial charge >= 0.3 is 0 Å². The van der Waals surface area contributed by atoms with Crippen LogP contribution < -0.4 is 5.32 Å². The van der Waals surface area contributed by atoms with Crippen molar-refractivity contribution < 1.29 is 0 Å². The molecule has 0 unspecified atom stereocenters. The molecule has 0 aliphatic heterocycles. The summed E-state index contributed by atoms with van der Waals surface area (Å²) >= 11 is 5.97. The molecule has 4 aromatic rings. The number of hydrogen-bond acceptors (Lipinski definition) is 4. The molecule has 6 nitrogen and oxygen atoms in total. The van der Waals surface area contributed by atoms with Gasteiger partial charge in [-0.1, -0.05) is 11.6 Å². The highest BCUT2D eigenvalue weighted by molar-refractivity contribution is 6.30. The molecule has 3 aromatic heterocycles. The van der Waals surface area contributed by atoms with E-state index in [1.54, 1.807) is 4.68 Å². The van der Waals surface area contributed by atoms with Crippen molar-refractivity contribution in [1.82, 2.24) is 24.3 Å². The van der Waals surface area contributed by atoms with E-state index in [4.69, 9.17) is 16.6 Å². The van der Waals surface area contributed by atoms with Crippen LogP contribution in [0.25, 0.3) is 17.0 Å². The smallest absolute Gasteiger partial charge is 0.254 e. The first-order valence-corrected chi connectivity index (χ1v) is 8.28. The molecule has 25 heavy (non-hydrogen) atoms. The van der Waals surface area contributed by atoms with Crippen LogP contribution in [0.2, 0.25) is 5.02 Å². The Morgan fingerprint density at radius 2 is 1.80 bits per heavy atom. The first-order valence-electron chi connectivity index (χ1n) is 7.90. The third-order valence-electron chi connectivity index (χ3n) is 4.02. The maximum atomic E-state index is 5.97. The van der Waals surface area contributed by atoms with Crippen LogP contribution in [0, 0.1) is 13.8 Å². The van der Waals surface area contributed by atoms with E-state index in [2.05, 4.69) is 15.4 Å². The lowest BCUT2D eigenvalue weighted by atomic mass is 10.3. The summed E-state index contributed by atoms with van der Waals surface area (Å²) < 4.78 is 3.73. The molecule has 4 rings (SSSR count). The number of fused-ring (bicyclic) bond motifs is 1. The average molecular weight is 353 g/mol. The van der Waals surface area contributed by atoms with Crippen molar-refractivity contribution in [2.24, 2.45) is 7.05 Å². The van der Waals surface area contributed by atoms with E-state index < -0.39 is 0 Å². The minimum absolute atomic E-state index is 0.538. The standard InChI is InChI=1S/C18H17ClN6/c1-11-10-12(2)25(23-11)18-21-16(15-8-9-24(3)17(15)22-18)20-14-6-4-13(19)5-7-14/h4-10H,1-3H3,(H,20,21,22). The summed E-state index contributed by atoms with van der Waals surface area (Å²) in [5, 5.41) is 9.50. The number of aromatic nitrogens is 5. The summed E-state index contributed by atoms with van der Waals surface area (Å²) in [7, 11) is 1.96. The number of halogens is 1. The largest absolute Gasteiger partial charge is 0.339 e. The van der Waals surface area contributed by atoms with Crippen LogP contribution in [0.5, 0.6) is 0 Å². The number of benzene rings is 1. The van der Waals surface area contributed by atoms with E-state index in [0.717, 1.165) is 33.9 Å². The summed E-state index contributed by atoms with van der Waals surface area (Å²) in [4.78, 5) is 9.40. The Labute approximate surface area is 150 Å². The van der Waals surface area contributed by atoms with Gasteiger partial charge in [0.2, 0.25) is 0 Å². The van der Waals surface area contributed by atoms with Gasteiger partial charge in [0.25, 0.3) is 5.95 Å². The number of hydrogen-bond donors (Lipinski definition) is 1. The van der Waals surface area contributed by atoms with E-state index in [1.807, 2.05) is 68.1 Å². The average Bonchev–Trinajstić information content (AvgIpc) is 3.12. The number of aryl methyl sites for hydroxylation is 3. The second kappa shape index (κ2) is 5.89. The van der Waals surface area contributed by atoms with Gasteiger partial charge in [0.15, 0.2) is 0 Å². The van der Waals surface area contributed by atoms with Gasteiger partial charge in [-0.3, -0.25) is 0 Å². The first-order chi connectivity index (χ1) is 12.0. The van der Waals surface area contributed by atoms with Crippen molar-refractivity contribution in [1.29, 1.82) is 0 Å². The summed E-state index contributed by atoms with van der Waals surface area (Å²) in [6, 6.07) is 11.5. The van der Waals surface area contributed by atoms with E-state index in [0.29, 0.717) is 11.0 Å². The molecular formula is C18H17ClN6. The van der Waals surface area contributed by atoms with Gasteiger partial charge in [-0.2, -0.15) is 15.1 Å². The zero-order chi connectivity index (χ0) is 17.6. The first kappa shape index (κ1) is 15.7. The predicted octanol–water partition coefficient (Wildman–Crippen LogP) is 4.17. The predicted molar refractivity (Wildman–Crippen MR) is 99.8 cm³/mol. The molecular weight excluding hydrogens is 336 g/mol. The molecule has 0 bridgehead atoms. The van der Waals surface area contributed by atoms with Crippen LogP contribution in [-0.2, 0) is 7.05 Å². The van der Waals surface area contributed by atoms with E-state index in [9.17, 15) is 0 Å². The molecule has 0 amide bonds. The summed E-state index contributed by atoms with van der Waals surface area (Å²) in [6.45, 7) is 3.95. The van der Waals surface area contributed by atoms with Crippen molar-refractivity contribution in [2.75, 3.05) is 5.32 Å². The van der Waals surface area contributed by atoms with Crippen LogP contribution in [0.1, 0.15) is 11.4 Å². The Morgan fingerprint density at radius 1 is 1.04 bits per heavy atom. The van der Waals surface area contributed by atoms with E-state index in [-0.39, 0.29) is 0 Å². The molecule has 0 aliphatic rings. The third-order valence-corrected chi connectivity index (χ3v) is 4.27. The van der Waals surface area contributed by atoms with Crippen LogP contribution >= 0.6 is 11.6 Å². The molecule has 0 radical (unpaired) electrons. The van der Waals surface area contributed by atoms with Gasteiger partial charge < -0.3 is 9.88 Å². The molecule has 7 heteroatoms. The number of nitrogens with one attached hydrogen (secondary N) is 1. The number of nitrogens with zero attached hydrogens (tertiary/aromatic N) is 5. The topological polar surface area (TPSA) is 60.6 Å². The fourth-order valence-electron chi connectivity index (χ4n) is 2.82. The quantitative estimate of drug-likeness (QED) is 0.601. The monoisotopic (exact) mass is 352 g/mol. The van der Waals surface area contributed by atoms with Gasteiger partial charge in [-0.15, -0.1) is 0 Å². The molecule has 1 aromatic carbocycles. The molecule has 0 fully saturated rings. The molecule has 126 valence electrons. The lowest BCUT2D eigenvalue weighted by molar-refractivity contribution is 0.776. The normalized spacial score (nSPS) is 11.2. The maximum Gasteiger partial charge on any atom is 0.254 e. The second-order valence-corrected chi connectivity index (χ2v) is 6.44. The van der Waals surface area contributed by atoms with Crippen LogP contribution in [-0.4, -0.2) is 24.3 Å². The molecule has 1 N–H and O–H groups in total. The minimum Gasteiger partial charge on any atom is -0.339 e. The van der Waals surface area contributed by atoms with Crippen LogP contribution in [0.3, 0.4) is 0 Å². The van der Waals surface area contributed by atoms with Crippen molar-refractivity contribution in [3.05, 3.63) is 59.0 Å². The molecule has 0 saturated heterocycles. The highest BCUT2D eigenvalue weighted by Gasteiger charge is 2.14. The number of rotatable bonds is 3. The third kappa shape index (κ3) is 2.85. The van der Waals surface area contributed by atoms with Crippen molar-refractivity contribution in [3.8, 4) is 5.95 Å². The molecule has 0 atom stereocenters. The Hall–Kier alpha value is -2.86. The highest BCUT2D eigenvalue weighted by atomic mass is 35.5. The molecule has 3 heterocycles. The molecule has 0 spiro atoms. The Bertz CT molecular complexity index is 1060. The van der Waals surface area contributed by atoms with Crippen molar-refractivity contribution >= 4 is 34.1 Å². The maximum absolute atomic E-state index is 5.97. The Kier molecular flexibility index (Phi) is 3.69. The summed E-state index contributed by atoms with van der Waals surface area (Å²) in [5.41, 5.74) is 3.67. The zero-order valence-corrected chi connectivity index (χ0v) is 14.9. The van der Waals surface area contributed by atoms with Crippen molar-refractivity contribution in [3.63, 3.8) is 0 Å². The second-order valence-electron chi connectivity index (χ2n) is 6.01. The summed E-state index contributed by atoms with van der Waals surface area (Å²) in [6.07, 6.45) is 1.97. The SMILES string of the molecule is Cc1cc(C)n(-c2nc(Nc3ccc(Cl)cc3)c3ccn(C)c3n2)n1.